The van der Waals surface area contributed by atoms with Crippen LogP contribution in [0.25, 0.3) is 0 Å². The van der Waals surface area contributed by atoms with Crippen molar-refractivity contribution >= 4 is 29.1 Å². The standard InChI is InChI=1S/C8H11Cl2NO/c1-3-5-8(9,10)7(12)11-6-4-2/h1H,4-6H2,2H3,(H,11,12). The normalized spacial score (nSPS) is 10.5. The van der Waals surface area contributed by atoms with Gasteiger partial charge in [-0.15, -0.1) is 12.3 Å². The molecule has 0 aromatic heterocycles. The van der Waals surface area contributed by atoms with E-state index in [1.807, 2.05) is 6.92 Å². The van der Waals surface area contributed by atoms with Gasteiger partial charge in [-0.3, -0.25) is 4.79 Å². The van der Waals surface area contributed by atoms with E-state index >= 15 is 0 Å². The van der Waals surface area contributed by atoms with Gasteiger partial charge in [-0.25, -0.2) is 0 Å². The monoisotopic (exact) mass is 207 g/mol. The van der Waals surface area contributed by atoms with Crippen LogP contribution < -0.4 is 5.32 Å². The van der Waals surface area contributed by atoms with Crippen LogP contribution in [0.4, 0.5) is 0 Å². The Hall–Kier alpha value is -0.390. The molecule has 0 saturated carbocycles. The van der Waals surface area contributed by atoms with Gasteiger partial charge < -0.3 is 5.32 Å². The number of rotatable bonds is 4. The Labute approximate surface area is 82.6 Å². The van der Waals surface area contributed by atoms with Crippen molar-refractivity contribution in [2.24, 2.45) is 0 Å². The maximum atomic E-state index is 11.1. The molecule has 0 saturated heterocycles. The number of terminal acetylenes is 1. The molecule has 0 unspecified atom stereocenters. The van der Waals surface area contributed by atoms with E-state index in [4.69, 9.17) is 29.6 Å². The minimum Gasteiger partial charge on any atom is -0.353 e. The number of carbonyl (C=O) groups excluding carboxylic acids is 1. The van der Waals surface area contributed by atoms with Gasteiger partial charge >= 0.3 is 0 Å². The minimum absolute atomic E-state index is 0.0195. The van der Waals surface area contributed by atoms with E-state index in [1.54, 1.807) is 0 Å². The first-order chi connectivity index (χ1) is 5.54. The lowest BCUT2D eigenvalue weighted by Crippen LogP contribution is -2.38. The third-order valence-corrected chi connectivity index (χ3v) is 1.80. The summed E-state index contributed by atoms with van der Waals surface area (Å²) in [6.45, 7) is 2.50. The molecule has 0 aliphatic heterocycles. The lowest BCUT2D eigenvalue weighted by Gasteiger charge is -2.15. The maximum absolute atomic E-state index is 11.1. The van der Waals surface area contributed by atoms with E-state index in [0.29, 0.717) is 6.54 Å². The molecule has 2 nitrogen and oxygen atoms in total. The van der Waals surface area contributed by atoms with Crippen molar-refractivity contribution in [2.45, 2.75) is 24.1 Å². The van der Waals surface area contributed by atoms with E-state index in [9.17, 15) is 4.79 Å². The van der Waals surface area contributed by atoms with Crippen LogP contribution >= 0.6 is 23.2 Å². The number of alkyl halides is 2. The third-order valence-electron chi connectivity index (χ3n) is 1.19. The average Bonchev–Trinajstić information content (AvgIpc) is 2.00. The molecule has 0 spiro atoms. The van der Waals surface area contributed by atoms with Gasteiger partial charge in [0, 0.05) is 6.54 Å². The molecular weight excluding hydrogens is 197 g/mol. The Kier molecular flexibility index (Phi) is 5.12. The molecule has 0 fully saturated rings. The largest absolute Gasteiger partial charge is 0.353 e. The summed E-state index contributed by atoms with van der Waals surface area (Å²) in [7, 11) is 0. The van der Waals surface area contributed by atoms with Crippen LogP contribution in [0.3, 0.4) is 0 Å². The Balaban J connectivity index is 3.99. The molecule has 1 N–H and O–H groups in total. The minimum atomic E-state index is -1.48. The Morgan fingerprint density at radius 1 is 1.67 bits per heavy atom. The first-order valence-corrected chi connectivity index (χ1v) is 4.39. The molecule has 0 aromatic carbocycles. The first-order valence-electron chi connectivity index (χ1n) is 3.64. The fraction of sp³-hybridized carbons (Fsp3) is 0.625. The second-order valence-corrected chi connectivity index (χ2v) is 3.83. The zero-order chi connectivity index (χ0) is 9.61. The number of amides is 1. The van der Waals surface area contributed by atoms with Crippen LogP contribution in [-0.2, 0) is 4.79 Å². The molecule has 0 aromatic rings. The molecule has 0 aliphatic rings. The van der Waals surface area contributed by atoms with Gasteiger partial charge in [-0.1, -0.05) is 30.1 Å². The number of nitrogens with one attached hydrogen (secondary N) is 1. The number of hydrogen-bond acceptors (Lipinski definition) is 1. The highest BCUT2D eigenvalue weighted by Crippen LogP contribution is 2.24. The number of carbonyl (C=O) groups is 1. The van der Waals surface area contributed by atoms with Crippen LogP contribution in [0, 0.1) is 12.3 Å². The molecule has 0 radical (unpaired) electrons. The van der Waals surface area contributed by atoms with Crippen molar-refractivity contribution in [3.8, 4) is 12.3 Å². The molecule has 12 heavy (non-hydrogen) atoms. The summed E-state index contributed by atoms with van der Waals surface area (Å²) in [5.41, 5.74) is 0. The summed E-state index contributed by atoms with van der Waals surface area (Å²) in [6, 6.07) is 0. The molecular formula is C8H11Cl2NO. The number of hydrogen-bond donors (Lipinski definition) is 1. The molecule has 4 heteroatoms. The second-order valence-electron chi connectivity index (χ2n) is 2.34. The van der Waals surface area contributed by atoms with Gasteiger partial charge in [0.15, 0.2) is 0 Å². The van der Waals surface area contributed by atoms with Gasteiger partial charge in [0.2, 0.25) is 4.33 Å². The average molecular weight is 208 g/mol. The van der Waals surface area contributed by atoms with Crippen molar-refractivity contribution in [2.75, 3.05) is 6.54 Å². The predicted molar refractivity (Wildman–Crippen MR) is 51.2 cm³/mol. The van der Waals surface area contributed by atoms with Crippen molar-refractivity contribution in [3.63, 3.8) is 0 Å². The summed E-state index contributed by atoms with van der Waals surface area (Å²) in [5, 5.41) is 2.56. The van der Waals surface area contributed by atoms with Gasteiger partial charge in [-0.2, -0.15) is 0 Å². The summed E-state index contributed by atoms with van der Waals surface area (Å²) < 4.78 is -1.48. The van der Waals surface area contributed by atoms with Crippen LogP contribution in [0.5, 0.6) is 0 Å². The van der Waals surface area contributed by atoms with E-state index in [-0.39, 0.29) is 6.42 Å². The predicted octanol–water partition coefficient (Wildman–Crippen LogP) is 1.71. The lowest BCUT2D eigenvalue weighted by molar-refractivity contribution is -0.121. The van der Waals surface area contributed by atoms with E-state index in [2.05, 4.69) is 11.2 Å². The topological polar surface area (TPSA) is 29.1 Å². The quantitative estimate of drug-likeness (QED) is 0.553. The molecule has 0 aliphatic carbocycles. The smallest absolute Gasteiger partial charge is 0.257 e. The molecule has 0 atom stereocenters. The maximum Gasteiger partial charge on any atom is 0.257 e. The lowest BCUT2D eigenvalue weighted by atomic mass is 10.3. The first kappa shape index (κ1) is 11.6. The highest BCUT2D eigenvalue weighted by Gasteiger charge is 2.32. The Morgan fingerprint density at radius 2 is 2.25 bits per heavy atom. The van der Waals surface area contributed by atoms with Crippen LogP contribution in [-0.4, -0.2) is 16.8 Å². The van der Waals surface area contributed by atoms with Gasteiger partial charge in [0.1, 0.15) is 0 Å². The van der Waals surface area contributed by atoms with Crippen molar-refractivity contribution in [3.05, 3.63) is 0 Å². The van der Waals surface area contributed by atoms with Gasteiger partial charge in [-0.05, 0) is 6.42 Å². The molecule has 0 rings (SSSR count). The molecule has 1 amide bonds. The second kappa shape index (κ2) is 5.29. The fourth-order valence-electron chi connectivity index (χ4n) is 0.576. The van der Waals surface area contributed by atoms with E-state index in [0.717, 1.165) is 6.42 Å². The highest BCUT2D eigenvalue weighted by atomic mass is 35.5. The highest BCUT2D eigenvalue weighted by molar-refractivity contribution is 6.58. The SMILES string of the molecule is C#CCC(Cl)(Cl)C(=O)NCCC. The molecule has 0 heterocycles. The summed E-state index contributed by atoms with van der Waals surface area (Å²) in [6.07, 6.45) is 5.84. The van der Waals surface area contributed by atoms with Crippen molar-refractivity contribution in [1.29, 1.82) is 0 Å². The molecule has 68 valence electrons. The van der Waals surface area contributed by atoms with Gasteiger partial charge in [0.25, 0.3) is 5.91 Å². The van der Waals surface area contributed by atoms with E-state index < -0.39 is 10.2 Å². The van der Waals surface area contributed by atoms with E-state index in [1.165, 1.54) is 0 Å². The summed E-state index contributed by atoms with van der Waals surface area (Å²) in [4.78, 5) is 11.1. The van der Waals surface area contributed by atoms with Crippen molar-refractivity contribution in [1.82, 2.24) is 5.32 Å². The molecule has 0 bridgehead atoms. The Morgan fingerprint density at radius 3 is 2.67 bits per heavy atom. The van der Waals surface area contributed by atoms with Crippen molar-refractivity contribution < 1.29 is 4.79 Å². The number of halogens is 2. The Bertz CT molecular complexity index is 196. The summed E-state index contributed by atoms with van der Waals surface area (Å²) in [5.74, 6) is 1.82. The zero-order valence-corrected chi connectivity index (χ0v) is 8.37. The summed E-state index contributed by atoms with van der Waals surface area (Å²) >= 11 is 11.3. The fourth-order valence-corrected chi connectivity index (χ4v) is 0.864. The van der Waals surface area contributed by atoms with Gasteiger partial charge in [0.05, 0.1) is 6.42 Å². The third kappa shape index (κ3) is 3.85. The van der Waals surface area contributed by atoms with Crippen LogP contribution in [0.2, 0.25) is 0 Å². The van der Waals surface area contributed by atoms with Crippen LogP contribution in [0.1, 0.15) is 19.8 Å². The zero-order valence-electron chi connectivity index (χ0n) is 6.86. The van der Waals surface area contributed by atoms with Crippen LogP contribution in [0.15, 0.2) is 0 Å².